The first-order valence-corrected chi connectivity index (χ1v) is 13.9. The Bertz CT molecular complexity index is 719. The van der Waals surface area contributed by atoms with E-state index in [4.69, 9.17) is 0 Å². The van der Waals surface area contributed by atoms with Crippen LogP contribution in [0.25, 0.3) is 0 Å². The molecule has 0 unspecified atom stereocenters. The average Bonchev–Trinajstić information content (AvgIpc) is 3.44. The Morgan fingerprint density at radius 3 is 1.70 bits per heavy atom. The number of unbranched alkanes of at least 4 members (excludes halogenated alkanes) is 1. The van der Waals surface area contributed by atoms with Gasteiger partial charge in [-0.1, -0.05) is 40.0 Å². The van der Waals surface area contributed by atoms with Gasteiger partial charge in [0.05, 0.1) is 18.5 Å². The fraction of sp³-hybridized carbons (Fsp3) is 0.739. The van der Waals surface area contributed by atoms with Crippen molar-refractivity contribution >= 4 is 45.2 Å². The van der Waals surface area contributed by atoms with E-state index in [-0.39, 0.29) is 0 Å². The maximum absolute atomic E-state index is 4.65. The third-order valence-corrected chi connectivity index (χ3v) is 7.15. The first-order chi connectivity index (χ1) is 14.6. The maximum Gasteiger partial charge on any atom is 0.0757 e. The highest BCUT2D eigenvalue weighted by molar-refractivity contribution is 14.1. The number of halogens is 2. The number of nitrogens with zero attached hydrogens (tertiary/aromatic N) is 5. The molecular weight excluding hydrogens is 600 g/mol. The van der Waals surface area contributed by atoms with Crippen LogP contribution in [0.1, 0.15) is 77.1 Å². The van der Waals surface area contributed by atoms with Crippen molar-refractivity contribution in [3.05, 3.63) is 30.9 Å². The summed E-state index contributed by atoms with van der Waals surface area (Å²) in [6, 6.07) is 0. The number of aromatic nitrogens is 4. The lowest BCUT2D eigenvalue weighted by atomic mass is 10.3. The molecule has 170 valence electrons. The minimum Gasteiger partial charge on any atom is -0.303 e. The highest BCUT2D eigenvalue weighted by atomic mass is 127. The van der Waals surface area contributed by atoms with E-state index in [1.54, 1.807) is 0 Å². The van der Waals surface area contributed by atoms with Crippen LogP contribution in [0, 0.1) is 7.14 Å². The summed E-state index contributed by atoms with van der Waals surface area (Å²) in [4.78, 5) is 2.57. The largest absolute Gasteiger partial charge is 0.303 e. The van der Waals surface area contributed by atoms with Gasteiger partial charge in [-0.2, -0.15) is 10.2 Å². The zero-order valence-corrected chi connectivity index (χ0v) is 23.4. The molecule has 5 nitrogen and oxygen atoms in total. The van der Waals surface area contributed by atoms with Gasteiger partial charge in [0.25, 0.3) is 0 Å². The third-order valence-electron chi connectivity index (χ3n) is 5.35. The van der Waals surface area contributed by atoms with Crippen molar-refractivity contribution in [2.24, 2.45) is 0 Å². The van der Waals surface area contributed by atoms with Gasteiger partial charge in [-0.15, -0.1) is 0 Å². The minimum absolute atomic E-state index is 1.07. The number of hydrogen-bond acceptors (Lipinski definition) is 3. The highest BCUT2D eigenvalue weighted by Gasteiger charge is 2.11. The average molecular weight is 639 g/mol. The molecule has 1 saturated heterocycles. The minimum atomic E-state index is 1.07. The monoisotopic (exact) mass is 639 g/mol. The van der Waals surface area contributed by atoms with Crippen LogP contribution in [0.4, 0.5) is 0 Å². The summed E-state index contributed by atoms with van der Waals surface area (Å²) >= 11 is 4.77. The van der Waals surface area contributed by atoms with Crippen LogP contribution in [0.15, 0.2) is 12.4 Å². The summed E-state index contributed by atoms with van der Waals surface area (Å²) in [5, 5.41) is 9.20. The molecule has 0 amide bonds. The lowest BCUT2D eigenvalue weighted by Crippen LogP contribution is -2.21. The van der Waals surface area contributed by atoms with Gasteiger partial charge in [0.15, 0.2) is 0 Å². The van der Waals surface area contributed by atoms with Gasteiger partial charge in [0.2, 0.25) is 0 Å². The molecule has 0 aliphatic carbocycles. The fourth-order valence-electron chi connectivity index (χ4n) is 3.70. The number of hydrogen-bond donors (Lipinski definition) is 0. The normalized spacial score (nSPS) is 14.2. The Morgan fingerprint density at radius 1 is 0.733 bits per heavy atom. The van der Waals surface area contributed by atoms with E-state index in [0.29, 0.717) is 0 Å². The lowest BCUT2D eigenvalue weighted by Gasteiger charge is -2.13. The van der Waals surface area contributed by atoms with Crippen LogP contribution in [-0.4, -0.2) is 44.1 Å². The zero-order chi connectivity index (χ0) is 21.8. The molecular formula is C23H39I2N5. The second-order valence-corrected chi connectivity index (χ2v) is 10.5. The van der Waals surface area contributed by atoms with Gasteiger partial charge in [-0.25, -0.2) is 0 Å². The summed E-state index contributed by atoms with van der Waals surface area (Å²) in [7, 11) is 0. The molecule has 30 heavy (non-hydrogen) atoms. The molecule has 7 heteroatoms. The van der Waals surface area contributed by atoms with Gasteiger partial charge in [-0.3, -0.25) is 9.36 Å². The molecule has 1 aliphatic heterocycles. The van der Waals surface area contributed by atoms with E-state index >= 15 is 0 Å². The van der Waals surface area contributed by atoms with Gasteiger partial charge in [-0.05, 0) is 103 Å². The summed E-state index contributed by atoms with van der Waals surface area (Å²) in [5.74, 6) is 0. The maximum atomic E-state index is 4.65. The first kappa shape index (κ1) is 26.1. The van der Waals surface area contributed by atoms with Crippen molar-refractivity contribution in [1.29, 1.82) is 0 Å². The molecule has 2 aromatic rings. The number of rotatable bonds is 11. The second-order valence-electron chi connectivity index (χ2n) is 8.13. The predicted molar refractivity (Wildman–Crippen MR) is 143 cm³/mol. The van der Waals surface area contributed by atoms with E-state index in [0.717, 1.165) is 25.9 Å². The number of aryl methyl sites for hydroxylation is 4. The molecule has 0 radical (unpaired) electrons. The fourth-order valence-corrected chi connectivity index (χ4v) is 5.10. The summed E-state index contributed by atoms with van der Waals surface area (Å²) in [6.45, 7) is 12.6. The Kier molecular flexibility index (Phi) is 12.9. The molecule has 0 aromatic carbocycles. The smallest absolute Gasteiger partial charge is 0.0757 e. The molecule has 0 spiro atoms. The van der Waals surface area contributed by atoms with Gasteiger partial charge >= 0.3 is 0 Å². The summed E-state index contributed by atoms with van der Waals surface area (Å²) in [5.41, 5.74) is 2.54. The Labute approximate surface area is 210 Å². The third kappa shape index (κ3) is 9.14. The van der Waals surface area contributed by atoms with E-state index < -0.39 is 0 Å². The molecule has 3 rings (SSSR count). The first-order valence-electron chi connectivity index (χ1n) is 11.7. The highest BCUT2D eigenvalue weighted by Crippen LogP contribution is 2.14. The zero-order valence-electron chi connectivity index (χ0n) is 19.0. The molecule has 0 saturated carbocycles. The van der Waals surface area contributed by atoms with Crippen LogP contribution in [-0.2, 0) is 25.9 Å². The van der Waals surface area contributed by atoms with E-state index in [1.807, 2.05) is 0 Å². The molecule has 0 atom stereocenters. The second kappa shape index (κ2) is 14.8. The van der Waals surface area contributed by atoms with E-state index in [9.17, 15) is 0 Å². The topological polar surface area (TPSA) is 38.9 Å². The molecule has 2 aromatic heterocycles. The predicted octanol–water partition coefficient (Wildman–Crippen LogP) is 6.17. The molecule has 1 fully saturated rings. The van der Waals surface area contributed by atoms with E-state index in [1.165, 1.54) is 83.1 Å². The summed E-state index contributed by atoms with van der Waals surface area (Å²) in [6.07, 6.45) is 15.4. The molecule has 1 aliphatic rings. The van der Waals surface area contributed by atoms with Crippen molar-refractivity contribution < 1.29 is 0 Å². The Balaban J connectivity index is 0.000000222. The molecule has 3 heterocycles. The molecule has 0 N–H and O–H groups in total. The SMILES string of the molecule is CCCCn1cc(I)c(CCC)n1.CCCc1nn(CCCN2CCCC2)cc1I. The van der Waals surface area contributed by atoms with Crippen LogP contribution in [0.3, 0.4) is 0 Å². The van der Waals surface area contributed by atoms with Crippen molar-refractivity contribution in [3.8, 4) is 0 Å². The van der Waals surface area contributed by atoms with Crippen molar-refractivity contribution in [2.75, 3.05) is 19.6 Å². The molecule has 0 bridgehead atoms. The van der Waals surface area contributed by atoms with Gasteiger partial charge in [0.1, 0.15) is 0 Å². The summed E-state index contributed by atoms with van der Waals surface area (Å²) < 4.78 is 6.85. The Morgan fingerprint density at radius 2 is 1.23 bits per heavy atom. The van der Waals surface area contributed by atoms with Crippen LogP contribution in [0.5, 0.6) is 0 Å². The Hall–Kier alpha value is -0.160. The van der Waals surface area contributed by atoms with Crippen LogP contribution >= 0.6 is 45.2 Å². The lowest BCUT2D eigenvalue weighted by molar-refractivity contribution is 0.322. The number of likely N-dealkylation sites (tertiary alicyclic amines) is 1. The van der Waals surface area contributed by atoms with Crippen LogP contribution < -0.4 is 0 Å². The van der Waals surface area contributed by atoms with E-state index in [2.05, 4.69) is 103 Å². The quantitative estimate of drug-likeness (QED) is 0.277. The van der Waals surface area contributed by atoms with Crippen molar-refractivity contribution in [3.63, 3.8) is 0 Å². The van der Waals surface area contributed by atoms with Gasteiger partial charge < -0.3 is 4.90 Å². The van der Waals surface area contributed by atoms with Gasteiger partial charge in [0, 0.05) is 25.5 Å². The van der Waals surface area contributed by atoms with Crippen molar-refractivity contribution in [2.45, 2.75) is 91.6 Å². The standard InChI is InChI=1S/C13H22IN3.C10H17IN2/c1-2-6-13-12(14)11-17(15-13)10-5-9-16-7-3-4-8-16;1-3-5-7-13-8-9(11)10(12-13)6-4-2/h11H,2-10H2,1H3;8H,3-7H2,1-2H3. The van der Waals surface area contributed by atoms with Crippen LogP contribution in [0.2, 0.25) is 0 Å². The van der Waals surface area contributed by atoms with Crippen molar-refractivity contribution in [1.82, 2.24) is 24.5 Å².